The lowest BCUT2D eigenvalue weighted by Crippen LogP contribution is -2.33. The van der Waals surface area contributed by atoms with Gasteiger partial charge in [0.1, 0.15) is 0 Å². The minimum absolute atomic E-state index is 0.0148. The Morgan fingerprint density at radius 3 is 3.05 bits per heavy atom. The van der Waals surface area contributed by atoms with Crippen molar-refractivity contribution in [3.05, 3.63) is 28.4 Å². The highest BCUT2D eigenvalue weighted by Crippen LogP contribution is 2.37. The standard InChI is InChI=1S/C15H17BrN4O/c16-9-2-4-13-10(5-9)14(19-18-13)15(21)20-6-8-1-3-12(17)11(8)7-20/h2,4-5,8,11-12H,1,3,6-7,17H2,(H,18,19). The van der Waals surface area contributed by atoms with Crippen molar-refractivity contribution in [2.45, 2.75) is 18.9 Å². The van der Waals surface area contributed by atoms with E-state index >= 15 is 0 Å². The lowest BCUT2D eigenvalue weighted by Gasteiger charge is -2.17. The number of nitrogens with one attached hydrogen (secondary N) is 1. The van der Waals surface area contributed by atoms with E-state index in [9.17, 15) is 4.79 Å². The largest absolute Gasteiger partial charge is 0.337 e. The van der Waals surface area contributed by atoms with E-state index in [2.05, 4.69) is 26.1 Å². The summed E-state index contributed by atoms with van der Waals surface area (Å²) in [6.07, 6.45) is 2.23. The highest BCUT2D eigenvalue weighted by Gasteiger charge is 2.43. The number of likely N-dealkylation sites (tertiary alicyclic amines) is 1. The second-order valence-corrected chi connectivity index (χ2v) is 7.05. The van der Waals surface area contributed by atoms with Crippen LogP contribution in [-0.2, 0) is 0 Å². The van der Waals surface area contributed by atoms with E-state index in [1.807, 2.05) is 23.1 Å². The molecule has 6 heteroatoms. The van der Waals surface area contributed by atoms with Gasteiger partial charge in [-0.05, 0) is 42.9 Å². The summed E-state index contributed by atoms with van der Waals surface area (Å²) in [5.41, 5.74) is 7.55. The molecule has 1 aliphatic carbocycles. The van der Waals surface area contributed by atoms with Crippen molar-refractivity contribution in [1.29, 1.82) is 0 Å². The number of hydrogen-bond acceptors (Lipinski definition) is 3. The van der Waals surface area contributed by atoms with Gasteiger partial charge in [0.05, 0.1) is 5.52 Å². The van der Waals surface area contributed by atoms with Gasteiger partial charge in [0.2, 0.25) is 0 Å². The number of fused-ring (bicyclic) bond motifs is 2. The molecule has 4 rings (SSSR count). The van der Waals surface area contributed by atoms with Crippen LogP contribution in [0.5, 0.6) is 0 Å². The first-order valence-electron chi connectivity index (χ1n) is 7.32. The van der Waals surface area contributed by atoms with Crippen molar-refractivity contribution < 1.29 is 4.79 Å². The maximum Gasteiger partial charge on any atom is 0.275 e. The molecular weight excluding hydrogens is 332 g/mol. The summed E-state index contributed by atoms with van der Waals surface area (Å²) in [6.45, 7) is 1.59. The fourth-order valence-electron chi connectivity index (χ4n) is 3.77. The molecular formula is C15H17BrN4O. The van der Waals surface area contributed by atoms with Gasteiger partial charge >= 0.3 is 0 Å². The molecule has 1 aliphatic heterocycles. The highest BCUT2D eigenvalue weighted by atomic mass is 79.9. The molecule has 1 saturated carbocycles. The van der Waals surface area contributed by atoms with Crippen LogP contribution in [0.15, 0.2) is 22.7 Å². The first-order valence-corrected chi connectivity index (χ1v) is 8.11. The maximum absolute atomic E-state index is 12.8. The third-order valence-corrected chi connectivity index (χ3v) is 5.42. The molecule has 3 N–H and O–H groups in total. The molecule has 0 spiro atoms. The molecule has 3 atom stereocenters. The van der Waals surface area contributed by atoms with Crippen LogP contribution >= 0.6 is 15.9 Å². The van der Waals surface area contributed by atoms with Crippen LogP contribution in [0.2, 0.25) is 0 Å². The number of aromatic nitrogens is 2. The Morgan fingerprint density at radius 1 is 1.38 bits per heavy atom. The minimum atomic E-state index is 0.0148. The summed E-state index contributed by atoms with van der Waals surface area (Å²) in [7, 11) is 0. The van der Waals surface area contributed by atoms with Crippen LogP contribution in [-0.4, -0.2) is 40.1 Å². The Bertz CT molecular complexity index is 713. The molecule has 1 amide bonds. The number of carbonyl (C=O) groups is 1. The fourth-order valence-corrected chi connectivity index (χ4v) is 4.13. The van der Waals surface area contributed by atoms with E-state index in [1.54, 1.807) is 0 Å². The van der Waals surface area contributed by atoms with Crippen molar-refractivity contribution in [2.24, 2.45) is 17.6 Å². The number of benzene rings is 1. The molecule has 3 unspecified atom stereocenters. The van der Waals surface area contributed by atoms with Gasteiger partial charge in [0.15, 0.2) is 5.69 Å². The van der Waals surface area contributed by atoms with Crippen molar-refractivity contribution >= 4 is 32.7 Å². The molecule has 2 aliphatic rings. The van der Waals surface area contributed by atoms with Crippen molar-refractivity contribution in [2.75, 3.05) is 13.1 Å². The van der Waals surface area contributed by atoms with Gasteiger partial charge in [-0.15, -0.1) is 0 Å². The highest BCUT2D eigenvalue weighted by molar-refractivity contribution is 9.10. The van der Waals surface area contributed by atoms with E-state index in [0.717, 1.165) is 41.3 Å². The van der Waals surface area contributed by atoms with Crippen LogP contribution < -0.4 is 5.73 Å². The predicted octanol–water partition coefficient (Wildman–Crippen LogP) is 2.13. The molecule has 5 nitrogen and oxygen atoms in total. The Labute approximate surface area is 131 Å². The van der Waals surface area contributed by atoms with E-state index in [0.29, 0.717) is 17.5 Å². The molecule has 2 fully saturated rings. The lowest BCUT2D eigenvalue weighted by molar-refractivity contribution is 0.0775. The quantitative estimate of drug-likeness (QED) is 0.828. The van der Waals surface area contributed by atoms with Crippen LogP contribution in [0, 0.1) is 11.8 Å². The second-order valence-electron chi connectivity index (χ2n) is 6.14. The third kappa shape index (κ3) is 2.08. The van der Waals surface area contributed by atoms with E-state index in [4.69, 9.17) is 5.73 Å². The molecule has 2 aromatic rings. The van der Waals surface area contributed by atoms with Gasteiger partial charge in [-0.25, -0.2) is 0 Å². The molecule has 1 saturated heterocycles. The molecule has 110 valence electrons. The molecule has 2 heterocycles. The Kier molecular flexibility index (Phi) is 3.04. The fraction of sp³-hybridized carbons (Fsp3) is 0.467. The van der Waals surface area contributed by atoms with Gasteiger partial charge in [0.25, 0.3) is 5.91 Å². The molecule has 1 aromatic heterocycles. The first kappa shape index (κ1) is 13.3. The van der Waals surface area contributed by atoms with Crippen LogP contribution in [0.3, 0.4) is 0 Å². The smallest absolute Gasteiger partial charge is 0.275 e. The van der Waals surface area contributed by atoms with Crippen molar-refractivity contribution in [3.63, 3.8) is 0 Å². The number of halogens is 1. The molecule has 1 aromatic carbocycles. The first-order chi connectivity index (χ1) is 10.1. The predicted molar refractivity (Wildman–Crippen MR) is 83.9 cm³/mol. The molecule has 21 heavy (non-hydrogen) atoms. The Morgan fingerprint density at radius 2 is 2.24 bits per heavy atom. The van der Waals surface area contributed by atoms with Crippen molar-refractivity contribution in [1.82, 2.24) is 15.1 Å². The molecule has 0 bridgehead atoms. The average Bonchev–Trinajstić information content (AvgIpc) is 3.14. The number of H-pyrrole nitrogens is 1. The summed E-state index contributed by atoms with van der Waals surface area (Å²) in [5, 5.41) is 8.03. The van der Waals surface area contributed by atoms with Gasteiger partial charge < -0.3 is 10.6 Å². The van der Waals surface area contributed by atoms with Gasteiger partial charge in [-0.3, -0.25) is 9.89 Å². The van der Waals surface area contributed by atoms with Gasteiger partial charge in [-0.1, -0.05) is 15.9 Å². The SMILES string of the molecule is NC1CCC2CN(C(=O)c3n[nH]c4ccc(Br)cc34)CC12. The normalized spacial score (nSPS) is 28.3. The zero-order valence-corrected chi connectivity index (χ0v) is 13.1. The van der Waals surface area contributed by atoms with Crippen LogP contribution in [0.25, 0.3) is 10.9 Å². The summed E-state index contributed by atoms with van der Waals surface area (Å²) in [4.78, 5) is 14.7. The zero-order valence-electron chi connectivity index (χ0n) is 11.6. The Hall–Kier alpha value is -1.40. The third-order valence-electron chi connectivity index (χ3n) is 4.93. The topological polar surface area (TPSA) is 75.0 Å². The van der Waals surface area contributed by atoms with Gasteiger partial charge in [-0.2, -0.15) is 5.10 Å². The monoisotopic (exact) mass is 348 g/mol. The lowest BCUT2D eigenvalue weighted by atomic mass is 9.98. The summed E-state index contributed by atoms with van der Waals surface area (Å²) in [5.74, 6) is 1.05. The zero-order chi connectivity index (χ0) is 14.6. The number of rotatable bonds is 1. The Balaban J connectivity index is 1.64. The van der Waals surface area contributed by atoms with E-state index in [-0.39, 0.29) is 11.9 Å². The summed E-state index contributed by atoms with van der Waals surface area (Å²) >= 11 is 3.45. The minimum Gasteiger partial charge on any atom is -0.337 e. The summed E-state index contributed by atoms with van der Waals surface area (Å²) < 4.78 is 0.950. The van der Waals surface area contributed by atoms with Crippen LogP contribution in [0.1, 0.15) is 23.3 Å². The number of aromatic amines is 1. The van der Waals surface area contributed by atoms with E-state index < -0.39 is 0 Å². The van der Waals surface area contributed by atoms with E-state index in [1.165, 1.54) is 0 Å². The second kappa shape index (κ2) is 4.81. The molecule has 0 radical (unpaired) electrons. The van der Waals surface area contributed by atoms with Crippen molar-refractivity contribution in [3.8, 4) is 0 Å². The number of nitrogens with two attached hydrogens (primary N) is 1. The van der Waals surface area contributed by atoms with Gasteiger partial charge in [0, 0.05) is 29.0 Å². The maximum atomic E-state index is 12.8. The number of amides is 1. The summed E-state index contributed by atoms with van der Waals surface area (Å²) in [6, 6.07) is 6.05. The number of hydrogen-bond donors (Lipinski definition) is 2. The number of carbonyl (C=O) groups excluding carboxylic acids is 1. The number of nitrogens with zero attached hydrogens (tertiary/aromatic N) is 2. The van der Waals surface area contributed by atoms with Crippen LogP contribution in [0.4, 0.5) is 0 Å². The average molecular weight is 349 g/mol.